The second kappa shape index (κ2) is 7.64. The highest BCUT2D eigenvalue weighted by atomic mass is 35.5. The number of fused-ring (bicyclic) bond motifs is 2. The Morgan fingerprint density at radius 1 is 1.30 bits per heavy atom. The molecule has 3 rings (SSSR count). The Hall–Kier alpha value is -0.420. The van der Waals surface area contributed by atoms with Crippen LogP contribution in [-0.4, -0.2) is 41.7 Å². The molecular weight excluding hydrogens is 351 g/mol. The first-order valence-corrected chi connectivity index (χ1v) is 9.97. The van der Waals surface area contributed by atoms with E-state index in [0.717, 1.165) is 24.2 Å². The van der Waals surface area contributed by atoms with Gasteiger partial charge in [0.25, 0.3) is 0 Å². The highest BCUT2D eigenvalue weighted by molar-refractivity contribution is 7.99. The maximum absolute atomic E-state index is 12.4. The zero-order valence-electron chi connectivity index (χ0n) is 13.2. The van der Waals surface area contributed by atoms with Gasteiger partial charge in [0.2, 0.25) is 5.91 Å². The van der Waals surface area contributed by atoms with Crippen molar-refractivity contribution in [3.63, 3.8) is 0 Å². The number of nitrogens with zero attached hydrogens (tertiary/aromatic N) is 1. The lowest BCUT2D eigenvalue weighted by Crippen LogP contribution is -2.49. The maximum atomic E-state index is 12.4. The first-order valence-electron chi connectivity index (χ1n) is 8.06. The van der Waals surface area contributed by atoms with Crippen molar-refractivity contribution in [2.45, 2.75) is 49.6 Å². The highest BCUT2D eigenvalue weighted by Gasteiger charge is 2.36. The molecule has 2 bridgehead atoms. The number of halogens is 2. The van der Waals surface area contributed by atoms with E-state index in [1.54, 1.807) is 17.8 Å². The number of rotatable bonds is 5. The summed E-state index contributed by atoms with van der Waals surface area (Å²) in [4.78, 5) is 14.4. The summed E-state index contributed by atoms with van der Waals surface area (Å²) in [7, 11) is 1.95. The summed E-state index contributed by atoms with van der Waals surface area (Å²) >= 11 is 13.7. The summed E-state index contributed by atoms with van der Waals surface area (Å²) in [6.07, 6.45) is 4.69. The number of amides is 1. The number of benzene rings is 1. The van der Waals surface area contributed by atoms with E-state index in [1.807, 2.05) is 24.1 Å². The third-order valence-electron chi connectivity index (χ3n) is 4.89. The lowest BCUT2D eigenvalue weighted by Gasteiger charge is -2.35. The largest absolute Gasteiger partial charge is 0.342 e. The predicted octanol–water partition coefficient (Wildman–Crippen LogP) is 3.97. The van der Waals surface area contributed by atoms with Gasteiger partial charge >= 0.3 is 0 Å². The van der Waals surface area contributed by atoms with Gasteiger partial charge in [0.1, 0.15) is 0 Å². The molecule has 1 N–H and O–H groups in total. The van der Waals surface area contributed by atoms with Crippen LogP contribution in [0.25, 0.3) is 0 Å². The fourth-order valence-electron chi connectivity index (χ4n) is 3.54. The molecule has 2 heterocycles. The quantitative estimate of drug-likeness (QED) is 0.848. The summed E-state index contributed by atoms with van der Waals surface area (Å²) in [6.45, 7) is 0. The molecule has 126 valence electrons. The smallest absolute Gasteiger partial charge is 0.232 e. The molecule has 2 unspecified atom stereocenters. The van der Waals surface area contributed by atoms with Gasteiger partial charge in [0, 0.05) is 41.0 Å². The molecule has 0 radical (unpaired) electrons. The molecular formula is C17H22Cl2N2OS. The van der Waals surface area contributed by atoms with Crippen molar-refractivity contribution >= 4 is 40.9 Å². The van der Waals surface area contributed by atoms with Crippen molar-refractivity contribution in [2.24, 2.45) is 0 Å². The van der Waals surface area contributed by atoms with E-state index < -0.39 is 0 Å². The van der Waals surface area contributed by atoms with Gasteiger partial charge in [0.05, 0.1) is 5.75 Å². The van der Waals surface area contributed by atoms with Crippen LogP contribution in [0.4, 0.5) is 0 Å². The molecule has 0 aromatic heterocycles. The van der Waals surface area contributed by atoms with E-state index in [4.69, 9.17) is 23.2 Å². The lowest BCUT2D eigenvalue weighted by atomic mass is 9.98. The topological polar surface area (TPSA) is 32.3 Å². The molecule has 0 spiro atoms. The second-order valence-electron chi connectivity index (χ2n) is 6.50. The first kappa shape index (κ1) is 17.4. The Kier molecular flexibility index (Phi) is 5.78. The van der Waals surface area contributed by atoms with Crippen LogP contribution in [0.3, 0.4) is 0 Å². The predicted molar refractivity (Wildman–Crippen MR) is 98.4 cm³/mol. The molecule has 1 aromatic rings. The van der Waals surface area contributed by atoms with Gasteiger partial charge in [-0.2, -0.15) is 0 Å². The van der Waals surface area contributed by atoms with E-state index in [1.165, 1.54) is 12.8 Å². The van der Waals surface area contributed by atoms with Crippen molar-refractivity contribution in [3.8, 4) is 0 Å². The lowest BCUT2D eigenvalue weighted by molar-refractivity contribution is -0.129. The summed E-state index contributed by atoms with van der Waals surface area (Å²) < 4.78 is 0. The molecule has 2 aliphatic heterocycles. The van der Waals surface area contributed by atoms with Crippen LogP contribution >= 0.6 is 35.0 Å². The molecule has 2 fully saturated rings. The fraction of sp³-hybridized carbons (Fsp3) is 0.588. The average Bonchev–Trinajstić information content (AvgIpc) is 2.86. The van der Waals surface area contributed by atoms with Gasteiger partial charge in [-0.15, -0.1) is 11.8 Å². The van der Waals surface area contributed by atoms with E-state index in [0.29, 0.717) is 33.9 Å². The molecule has 23 heavy (non-hydrogen) atoms. The fourth-order valence-corrected chi connectivity index (χ4v) is 5.04. The van der Waals surface area contributed by atoms with Crippen molar-refractivity contribution in [1.29, 1.82) is 0 Å². The normalized spacial score (nSPS) is 26.3. The standard InChI is InChI=1S/C17H22Cl2N2OS/c1-21(15-7-13-4-5-14(8-15)20-13)17(22)10-23-9-11-2-3-12(18)6-16(11)19/h2-3,6,13-15,20H,4-5,7-10H2,1H3. The Labute approximate surface area is 152 Å². The minimum absolute atomic E-state index is 0.214. The molecule has 1 amide bonds. The third-order valence-corrected chi connectivity index (χ3v) is 6.44. The molecule has 6 heteroatoms. The van der Waals surface area contributed by atoms with Gasteiger partial charge in [0.15, 0.2) is 0 Å². The van der Waals surface area contributed by atoms with E-state index in [9.17, 15) is 4.79 Å². The molecule has 0 aliphatic carbocycles. The van der Waals surface area contributed by atoms with Crippen LogP contribution in [0, 0.1) is 0 Å². The SMILES string of the molecule is CN(C(=O)CSCc1ccc(Cl)cc1Cl)C1CC2CCC(C1)N2. The average molecular weight is 373 g/mol. The second-order valence-corrected chi connectivity index (χ2v) is 8.33. The summed E-state index contributed by atoms with van der Waals surface area (Å²) in [5, 5.41) is 4.93. The van der Waals surface area contributed by atoms with Crippen molar-refractivity contribution in [3.05, 3.63) is 33.8 Å². The number of piperidine rings is 1. The minimum Gasteiger partial charge on any atom is -0.342 e. The zero-order valence-corrected chi connectivity index (χ0v) is 15.6. The number of nitrogens with one attached hydrogen (secondary N) is 1. The van der Waals surface area contributed by atoms with Crippen LogP contribution in [0.15, 0.2) is 18.2 Å². The zero-order chi connectivity index (χ0) is 16.4. The molecule has 1 aromatic carbocycles. The van der Waals surface area contributed by atoms with Gasteiger partial charge in [-0.25, -0.2) is 0 Å². The molecule has 3 nitrogen and oxygen atoms in total. The van der Waals surface area contributed by atoms with Crippen molar-refractivity contribution in [2.75, 3.05) is 12.8 Å². The van der Waals surface area contributed by atoms with Crippen molar-refractivity contribution in [1.82, 2.24) is 10.2 Å². The molecule has 2 atom stereocenters. The third kappa shape index (κ3) is 4.36. The molecule has 2 aliphatic rings. The van der Waals surface area contributed by atoms with Crippen LogP contribution in [0.5, 0.6) is 0 Å². The highest BCUT2D eigenvalue weighted by Crippen LogP contribution is 2.30. The van der Waals surface area contributed by atoms with Crippen LogP contribution < -0.4 is 5.32 Å². The summed E-state index contributed by atoms with van der Waals surface area (Å²) in [5.41, 5.74) is 1.02. The van der Waals surface area contributed by atoms with Crippen LogP contribution in [0.1, 0.15) is 31.2 Å². The Balaban J connectivity index is 1.47. The number of hydrogen-bond donors (Lipinski definition) is 1. The van der Waals surface area contributed by atoms with Crippen molar-refractivity contribution < 1.29 is 4.79 Å². The number of hydrogen-bond acceptors (Lipinski definition) is 3. The van der Waals surface area contributed by atoms with Gasteiger partial charge in [-0.3, -0.25) is 4.79 Å². The number of carbonyl (C=O) groups excluding carboxylic acids is 1. The monoisotopic (exact) mass is 372 g/mol. The van der Waals surface area contributed by atoms with Crippen LogP contribution in [-0.2, 0) is 10.5 Å². The summed E-state index contributed by atoms with van der Waals surface area (Å²) in [6, 6.07) is 7.11. The minimum atomic E-state index is 0.214. The Morgan fingerprint density at radius 3 is 2.65 bits per heavy atom. The van der Waals surface area contributed by atoms with Gasteiger partial charge in [-0.1, -0.05) is 29.3 Å². The Morgan fingerprint density at radius 2 is 2.00 bits per heavy atom. The molecule has 2 saturated heterocycles. The van der Waals surface area contributed by atoms with E-state index >= 15 is 0 Å². The van der Waals surface area contributed by atoms with Gasteiger partial charge in [-0.05, 0) is 43.4 Å². The van der Waals surface area contributed by atoms with E-state index in [-0.39, 0.29) is 5.91 Å². The number of carbonyl (C=O) groups is 1. The summed E-state index contributed by atoms with van der Waals surface area (Å²) in [5.74, 6) is 1.44. The van der Waals surface area contributed by atoms with E-state index in [2.05, 4.69) is 5.32 Å². The van der Waals surface area contributed by atoms with Crippen LogP contribution in [0.2, 0.25) is 10.0 Å². The molecule has 0 saturated carbocycles. The first-order chi connectivity index (χ1) is 11.0. The maximum Gasteiger partial charge on any atom is 0.232 e. The van der Waals surface area contributed by atoms with Gasteiger partial charge < -0.3 is 10.2 Å². The Bertz CT molecular complexity index is 572. The number of thioether (sulfide) groups is 1.